The van der Waals surface area contributed by atoms with Gasteiger partial charge in [-0.15, -0.1) is 0 Å². The molecular weight excluding hydrogens is 430 g/mol. The van der Waals surface area contributed by atoms with Gasteiger partial charge in [-0.2, -0.15) is 0 Å². The van der Waals surface area contributed by atoms with Gasteiger partial charge in [0, 0.05) is 24.5 Å². The zero-order chi connectivity index (χ0) is 24.1. The number of nitrogens with one attached hydrogen (secondary N) is 1. The molecule has 7 heteroatoms. The molecule has 0 atom stereocenters. The molecule has 34 heavy (non-hydrogen) atoms. The zero-order valence-electron chi connectivity index (χ0n) is 20.9. The summed E-state index contributed by atoms with van der Waals surface area (Å²) in [4.78, 5) is 16.0. The van der Waals surface area contributed by atoms with Gasteiger partial charge in [0.15, 0.2) is 11.5 Å². The highest BCUT2D eigenvalue weighted by molar-refractivity contribution is 5.89. The number of carbonyl (C=O) groups is 1. The van der Waals surface area contributed by atoms with Gasteiger partial charge in [0.25, 0.3) is 6.47 Å². The topological polar surface area (TPSA) is 83.9 Å². The predicted molar refractivity (Wildman–Crippen MR) is 135 cm³/mol. The molecule has 2 N–H and O–H groups in total. The molecule has 0 bridgehead atoms. The molecule has 186 valence electrons. The molecule has 2 fully saturated rings. The number of nitrogens with zero attached hydrogens (tertiary/aromatic N) is 2. The molecule has 0 unspecified atom stereocenters. The number of fused-ring (bicyclic) bond motifs is 3. The van der Waals surface area contributed by atoms with E-state index in [-0.39, 0.29) is 11.9 Å². The number of anilines is 1. The molecule has 2 heterocycles. The second-order valence-electron chi connectivity index (χ2n) is 10.6. The van der Waals surface area contributed by atoms with E-state index < -0.39 is 0 Å². The standard InChI is InChI=1S/C26H37N3O2.CH2O2/c1-26(2)15-20-19-13-23(30-3)24(31-12-6-11-29-9-4-5-10-29)14-22(19)28-25(21(20)16-26)27-17-18-7-8-18;2-1-3/h13-14,18H,4-12,15-17H2,1-3H3,(H,27,28);1H,(H,2,3). The Balaban J connectivity index is 0.000000868. The molecule has 0 spiro atoms. The normalized spacial score (nSPS) is 18.8. The molecule has 3 aliphatic rings. The highest BCUT2D eigenvalue weighted by atomic mass is 16.5. The molecule has 0 radical (unpaired) electrons. The van der Waals surface area contributed by atoms with Crippen molar-refractivity contribution < 1.29 is 19.4 Å². The van der Waals surface area contributed by atoms with Crippen LogP contribution in [-0.4, -0.2) is 61.4 Å². The number of methoxy groups -OCH3 is 1. The Hall–Kier alpha value is -2.54. The molecule has 7 nitrogen and oxygen atoms in total. The van der Waals surface area contributed by atoms with Crippen LogP contribution in [0.5, 0.6) is 11.5 Å². The first-order chi connectivity index (χ1) is 16.4. The molecular formula is C27H39N3O4. The SMILES string of the molecule is COc1cc2c3c(c(NCC4CC4)nc2cc1OCCCN1CCCC1)CC(C)(C)C3.O=CO. The Morgan fingerprint density at radius 3 is 2.56 bits per heavy atom. The third kappa shape index (κ3) is 5.93. The first-order valence-corrected chi connectivity index (χ1v) is 12.6. The first-order valence-electron chi connectivity index (χ1n) is 12.6. The molecule has 5 rings (SSSR count). The van der Waals surface area contributed by atoms with E-state index in [1.165, 1.54) is 55.3 Å². The fraction of sp³-hybridized carbons (Fsp3) is 0.630. The molecule has 1 aromatic carbocycles. The number of likely N-dealkylation sites (tertiary alicyclic amines) is 1. The van der Waals surface area contributed by atoms with Crippen LogP contribution in [0.1, 0.15) is 57.1 Å². The predicted octanol–water partition coefficient (Wildman–Crippen LogP) is 4.76. The van der Waals surface area contributed by atoms with Crippen LogP contribution in [0.2, 0.25) is 0 Å². The minimum atomic E-state index is -0.250. The number of carboxylic acid groups (broad SMARTS) is 1. The molecule has 0 amide bonds. The molecule has 1 saturated carbocycles. The van der Waals surface area contributed by atoms with E-state index in [2.05, 4.69) is 36.2 Å². The highest BCUT2D eigenvalue weighted by Gasteiger charge is 2.33. The third-order valence-corrected chi connectivity index (χ3v) is 7.13. The number of hydrogen-bond donors (Lipinski definition) is 2. The molecule has 2 aliphatic carbocycles. The van der Waals surface area contributed by atoms with Crippen molar-refractivity contribution in [2.75, 3.05) is 45.2 Å². The van der Waals surface area contributed by atoms with Crippen LogP contribution in [-0.2, 0) is 17.6 Å². The largest absolute Gasteiger partial charge is 0.493 e. The Kier molecular flexibility index (Phi) is 7.81. The highest BCUT2D eigenvalue weighted by Crippen LogP contribution is 2.45. The van der Waals surface area contributed by atoms with Crippen molar-refractivity contribution in [2.45, 2.75) is 58.8 Å². The maximum atomic E-state index is 8.36. The van der Waals surface area contributed by atoms with E-state index in [4.69, 9.17) is 24.4 Å². The van der Waals surface area contributed by atoms with Crippen molar-refractivity contribution in [2.24, 2.45) is 11.3 Å². The second-order valence-corrected chi connectivity index (χ2v) is 10.6. The molecule has 2 aromatic rings. The van der Waals surface area contributed by atoms with Crippen LogP contribution in [0, 0.1) is 11.3 Å². The van der Waals surface area contributed by atoms with Crippen LogP contribution in [0.4, 0.5) is 5.82 Å². The Bertz CT molecular complexity index is 997. The summed E-state index contributed by atoms with van der Waals surface area (Å²) in [6.07, 6.45) is 8.57. The quantitative estimate of drug-likeness (QED) is 0.405. The summed E-state index contributed by atoms with van der Waals surface area (Å²) in [6, 6.07) is 4.25. The van der Waals surface area contributed by atoms with E-state index in [1.807, 2.05) is 0 Å². The van der Waals surface area contributed by atoms with Gasteiger partial charge in [0.1, 0.15) is 5.82 Å². The van der Waals surface area contributed by atoms with Gasteiger partial charge in [-0.05, 0) is 86.6 Å². The van der Waals surface area contributed by atoms with Crippen molar-refractivity contribution in [1.29, 1.82) is 0 Å². The molecule has 1 aromatic heterocycles. The van der Waals surface area contributed by atoms with Crippen molar-refractivity contribution in [3.63, 3.8) is 0 Å². The maximum Gasteiger partial charge on any atom is 0.290 e. The Morgan fingerprint density at radius 2 is 1.88 bits per heavy atom. The lowest BCUT2D eigenvalue weighted by atomic mass is 9.90. The van der Waals surface area contributed by atoms with Gasteiger partial charge in [0.2, 0.25) is 0 Å². The van der Waals surface area contributed by atoms with Crippen molar-refractivity contribution in [3.8, 4) is 11.5 Å². The van der Waals surface area contributed by atoms with Gasteiger partial charge < -0.3 is 24.8 Å². The van der Waals surface area contributed by atoms with Gasteiger partial charge >= 0.3 is 0 Å². The number of rotatable bonds is 9. The summed E-state index contributed by atoms with van der Waals surface area (Å²) >= 11 is 0. The second kappa shape index (κ2) is 10.8. The lowest BCUT2D eigenvalue weighted by Gasteiger charge is -2.17. The maximum absolute atomic E-state index is 8.36. The first kappa shape index (κ1) is 24.6. The summed E-state index contributed by atoms with van der Waals surface area (Å²) in [5.41, 5.74) is 4.13. The third-order valence-electron chi connectivity index (χ3n) is 7.13. The Morgan fingerprint density at radius 1 is 1.18 bits per heavy atom. The summed E-state index contributed by atoms with van der Waals surface area (Å²) < 4.78 is 11.9. The van der Waals surface area contributed by atoms with E-state index in [1.54, 1.807) is 7.11 Å². The number of hydrogen-bond acceptors (Lipinski definition) is 6. The van der Waals surface area contributed by atoms with Gasteiger partial charge in [-0.1, -0.05) is 13.8 Å². The summed E-state index contributed by atoms with van der Waals surface area (Å²) in [5.74, 6) is 3.55. The summed E-state index contributed by atoms with van der Waals surface area (Å²) in [7, 11) is 1.74. The number of ether oxygens (including phenoxy) is 2. The lowest BCUT2D eigenvalue weighted by molar-refractivity contribution is -0.122. The van der Waals surface area contributed by atoms with Gasteiger partial charge in [-0.25, -0.2) is 4.98 Å². The monoisotopic (exact) mass is 469 g/mol. The lowest BCUT2D eigenvalue weighted by Crippen LogP contribution is -2.21. The smallest absolute Gasteiger partial charge is 0.290 e. The van der Waals surface area contributed by atoms with Crippen LogP contribution < -0.4 is 14.8 Å². The van der Waals surface area contributed by atoms with E-state index in [0.29, 0.717) is 6.61 Å². The van der Waals surface area contributed by atoms with Gasteiger partial charge in [-0.3, -0.25) is 4.79 Å². The fourth-order valence-corrected chi connectivity index (χ4v) is 5.25. The minimum absolute atomic E-state index is 0.250. The van der Waals surface area contributed by atoms with Crippen molar-refractivity contribution >= 4 is 23.2 Å². The van der Waals surface area contributed by atoms with Crippen molar-refractivity contribution in [1.82, 2.24) is 9.88 Å². The number of benzene rings is 1. The number of aromatic nitrogens is 1. The van der Waals surface area contributed by atoms with Crippen LogP contribution >= 0.6 is 0 Å². The van der Waals surface area contributed by atoms with Crippen molar-refractivity contribution in [3.05, 3.63) is 23.3 Å². The Labute approximate surface area is 202 Å². The van der Waals surface area contributed by atoms with Crippen LogP contribution in [0.3, 0.4) is 0 Å². The minimum Gasteiger partial charge on any atom is -0.493 e. The summed E-state index contributed by atoms with van der Waals surface area (Å²) in [6.45, 7) is 9.82. The average Bonchev–Trinajstić information content (AvgIpc) is 3.37. The molecule has 1 aliphatic heterocycles. The summed E-state index contributed by atoms with van der Waals surface area (Å²) in [5, 5.41) is 11.8. The van der Waals surface area contributed by atoms with E-state index >= 15 is 0 Å². The average molecular weight is 470 g/mol. The zero-order valence-corrected chi connectivity index (χ0v) is 20.9. The fourth-order valence-electron chi connectivity index (χ4n) is 5.25. The van der Waals surface area contributed by atoms with Crippen LogP contribution in [0.25, 0.3) is 10.9 Å². The van der Waals surface area contributed by atoms with Crippen LogP contribution in [0.15, 0.2) is 12.1 Å². The molecule has 1 saturated heterocycles. The number of pyridine rings is 1. The van der Waals surface area contributed by atoms with E-state index in [0.717, 1.165) is 61.1 Å². The van der Waals surface area contributed by atoms with E-state index in [9.17, 15) is 0 Å². The van der Waals surface area contributed by atoms with Gasteiger partial charge in [0.05, 0.1) is 19.2 Å².